The van der Waals surface area contributed by atoms with Crippen molar-refractivity contribution in [3.8, 4) is 0 Å². The average Bonchev–Trinajstić information content (AvgIpc) is 2.46. The molecule has 120 valence electrons. The largest absolute Gasteiger partial charge is 0.319 e. The molecule has 1 aliphatic rings. The van der Waals surface area contributed by atoms with Crippen molar-refractivity contribution >= 4 is 58.8 Å². The zero-order chi connectivity index (χ0) is 14.3. The van der Waals surface area contributed by atoms with Gasteiger partial charge < -0.3 is 5.32 Å². The normalized spacial score (nSPS) is 25.9. The van der Waals surface area contributed by atoms with Crippen molar-refractivity contribution in [2.24, 2.45) is 0 Å². The number of thioether (sulfide) groups is 5. The van der Waals surface area contributed by atoms with Crippen LogP contribution in [0.2, 0.25) is 0 Å². The van der Waals surface area contributed by atoms with Crippen LogP contribution >= 0.6 is 58.8 Å². The van der Waals surface area contributed by atoms with Gasteiger partial charge in [0.1, 0.15) is 0 Å². The van der Waals surface area contributed by atoms with Crippen molar-refractivity contribution in [1.29, 1.82) is 0 Å². The highest BCUT2D eigenvalue weighted by atomic mass is 32.2. The molecule has 0 spiro atoms. The predicted molar refractivity (Wildman–Crippen MR) is 109 cm³/mol. The molecule has 0 saturated carbocycles. The SMILES string of the molecule is CNCC1CSCCCSCCSCCSCCCS1. The second-order valence-corrected chi connectivity index (χ2v) is 10.9. The van der Waals surface area contributed by atoms with E-state index in [-0.39, 0.29) is 0 Å². The van der Waals surface area contributed by atoms with Crippen molar-refractivity contribution in [3.05, 3.63) is 0 Å². The molecule has 0 aromatic rings. The van der Waals surface area contributed by atoms with E-state index in [0.717, 1.165) is 11.8 Å². The average molecular weight is 372 g/mol. The van der Waals surface area contributed by atoms with Crippen LogP contribution in [0.1, 0.15) is 12.8 Å². The van der Waals surface area contributed by atoms with Gasteiger partial charge in [0.2, 0.25) is 0 Å². The van der Waals surface area contributed by atoms with Gasteiger partial charge in [-0.05, 0) is 42.9 Å². The van der Waals surface area contributed by atoms with E-state index < -0.39 is 0 Å². The molecule has 1 heterocycles. The summed E-state index contributed by atoms with van der Waals surface area (Å²) in [5.41, 5.74) is 0. The van der Waals surface area contributed by atoms with Crippen LogP contribution in [0.4, 0.5) is 0 Å². The van der Waals surface area contributed by atoms with E-state index in [0.29, 0.717) is 0 Å². The minimum absolute atomic E-state index is 0.800. The van der Waals surface area contributed by atoms with Crippen LogP contribution in [0.3, 0.4) is 0 Å². The number of nitrogens with one attached hydrogen (secondary N) is 1. The van der Waals surface area contributed by atoms with Crippen LogP contribution in [0.25, 0.3) is 0 Å². The summed E-state index contributed by atoms with van der Waals surface area (Å²) in [4.78, 5) is 0. The molecule has 1 fully saturated rings. The lowest BCUT2D eigenvalue weighted by Crippen LogP contribution is -2.23. The summed E-state index contributed by atoms with van der Waals surface area (Å²) in [6.45, 7) is 1.16. The van der Waals surface area contributed by atoms with Crippen LogP contribution in [0.5, 0.6) is 0 Å². The molecule has 0 aromatic carbocycles. The van der Waals surface area contributed by atoms with Crippen LogP contribution < -0.4 is 5.32 Å². The first-order chi connectivity index (χ1) is 9.93. The second-order valence-electron chi connectivity index (χ2n) is 4.67. The first-order valence-corrected chi connectivity index (χ1v) is 13.2. The van der Waals surface area contributed by atoms with Gasteiger partial charge in [0.05, 0.1) is 0 Å². The molecule has 1 rings (SSSR count). The lowest BCUT2D eigenvalue weighted by molar-refractivity contribution is 0.789. The van der Waals surface area contributed by atoms with Crippen molar-refractivity contribution in [2.75, 3.05) is 65.4 Å². The highest BCUT2D eigenvalue weighted by Crippen LogP contribution is 2.20. The van der Waals surface area contributed by atoms with Crippen LogP contribution in [0.15, 0.2) is 0 Å². The van der Waals surface area contributed by atoms with Gasteiger partial charge in [0.15, 0.2) is 0 Å². The molecule has 1 nitrogen and oxygen atoms in total. The summed E-state index contributed by atoms with van der Waals surface area (Å²) in [5, 5.41) is 4.15. The molecule has 0 radical (unpaired) electrons. The fourth-order valence-electron chi connectivity index (χ4n) is 1.82. The quantitative estimate of drug-likeness (QED) is 0.780. The Morgan fingerprint density at radius 2 is 1.30 bits per heavy atom. The van der Waals surface area contributed by atoms with E-state index in [9.17, 15) is 0 Å². The van der Waals surface area contributed by atoms with E-state index in [1.54, 1.807) is 0 Å². The first kappa shape index (κ1) is 19.8. The van der Waals surface area contributed by atoms with Gasteiger partial charge in [0.25, 0.3) is 0 Å². The van der Waals surface area contributed by atoms with E-state index in [4.69, 9.17) is 0 Å². The Balaban J connectivity index is 2.19. The Bertz CT molecular complexity index is 188. The summed E-state index contributed by atoms with van der Waals surface area (Å²) in [7, 11) is 2.08. The third-order valence-electron chi connectivity index (χ3n) is 2.84. The summed E-state index contributed by atoms with van der Waals surface area (Å²) in [6, 6.07) is 0. The van der Waals surface area contributed by atoms with E-state index in [2.05, 4.69) is 71.2 Å². The molecule has 1 unspecified atom stereocenters. The van der Waals surface area contributed by atoms with Gasteiger partial charge in [-0.15, -0.1) is 0 Å². The van der Waals surface area contributed by atoms with Crippen LogP contribution in [-0.2, 0) is 0 Å². The van der Waals surface area contributed by atoms with Crippen molar-refractivity contribution in [2.45, 2.75) is 18.1 Å². The maximum absolute atomic E-state index is 3.35. The van der Waals surface area contributed by atoms with Crippen molar-refractivity contribution in [3.63, 3.8) is 0 Å². The third kappa shape index (κ3) is 12.3. The van der Waals surface area contributed by atoms with Crippen molar-refractivity contribution in [1.82, 2.24) is 5.32 Å². The maximum Gasteiger partial charge on any atom is 0.0262 e. The zero-order valence-electron chi connectivity index (χ0n) is 12.6. The molecule has 1 atom stereocenters. The van der Waals surface area contributed by atoms with Gasteiger partial charge >= 0.3 is 0 Å². The lowest BCUT2D eigenvalue weighted by Gasteiger charge is -2.15. The predicted octanol–water partition coefficient (Wildman–Crippen LogP) is 4.03. The lowest BCUT2D eigenvalue weighted by atomic mass is 10.5. The number of hydrogen-bond acceptors (Lipinski definition) is 6. The molecule has 1 saturated heterocycles. The fraction of sp³-hybridized carbons (Fsp3) is 1.00. The Kier molecular flexibility index (Phi) is 15.4. The molecule has 6 heteroatoms. The fourth-order valence-corrected chi connectivity index (χ4v) is 7.88. The molecule has 0 aromatic heterocycles. The minimum Gasteiger partial charge on any atom is -0.319 e. The van der Waals surface area contributed by atoms with E-state index in [1.807, 2.05) is 0 Å². The van der Waals surface area contributed by atoms with E-state index >= 15 is 0 Å². The first-order valence-electron chi connectivity index (χ1n) is 7.50. The van der Waals surface area contributed by atoms with Crippen LogP contribution in [-0.4, -0.2) is 70.6 Å². The molecule has 1 aliphatic heterocycles. The van der Waals surface area contributed by atoms with Crippen molar-refractivity contribution < 1.29 is 0 Å². The van der Waals surface area contributed by atoms with Gasteiger partial charge in [-0.1, -0.05) is 0 Å². The molecule has 0 bridgehead atoms. The van der Waals surface area contributed by atoms with E-state index in [1.165, 1.54) is 64.6 Å². The minimum atomic E-state index is 0.800. The molecule has 0 amide bonds. The summed E-state index contributed by atoms with van der Waals surface area (Å²) >= 11 is 10.8. The molecule has 20 heavy (non-hydrogen) atoms. The number of hydrogen-bond donors (Lipinski definition) is 1. The van der Waals surface area contributed by atoms with Gasteiger partial charge in [-0.3, -0.25) is 0 Å². The summed E-state index contributed by atoms with van der Waals surface area (Å²) in [6.07, 6.45) is 2.76. The Morgan fingerprint density at radius 3 is 1.95 bits per heavy atom. The maximum atomic E-state index is 3.35. The molecule has 1 N–H and O–H groups in total. The van der Waals surface area contributed by atoms with Crippen LogP contribution in [0, 0.1) is 0 Å². The van der Waals surface area contributed by atoms with Gasteiger partial charge in [-0.2, -0.15) is 58.8 Å². The highest BCUT2D eigenvalue weighted by molar-refractivity contribution is 8.05. The van der Waals surface area contributed by atoms with Gasteiger partial charge in [-0.25, -0.2) is 0 Å². The third-order valence-corrected chi connectivity index (χ3v) is 9.24. The second kappa shape index (κ2) is 15.6. The zero-order valence-corrected chi connectivity index (χ0v) is 16.7. The standard InChI is InChI=1S/C14H29NS5/c1-15-12-14-13-19-6-2-4-16-8-10-18-11-9-17-5-3-7-20-14/h14-15H,2-13H2,1H3. The monoisotopic (exact) mass is 371 g/mol. The smallest absolute Gasteiger partial charge is 0.0262 e. The molecular formula is C14H29NS5. The Hall–Kier alpha value is 1.71. The summed E-state index contributed by atoms with van der Waals surface area (Å²) < 4.78 is 0. The topological polar surface area (TPSA) is 12.0 Å². The summed E-state index contributed by atoms with van der Waals surface area (Å²) in [5.74, 6) is 12.1. The molecular weight excluding hydrogens is 342 g/mol. The number of rotatable bonds is 2. The Morgan fingerprint density at radius 1 is 0.750 bits per heavy atom. The highest BCUT2D eigenvalue weighted by Gasteiger charge is 2.08. The Labute approximate surface area is 147 Å². The molecule has 0 aliphatic carbocycles. The van der Waals surface area contributed by atoms with Gasteiger partial charge in [0, 0.05) is 40.6 Å².